The fourth-order valence-corrected chi connectivity index (χ4v) is 3.89. The third-order valence-corrected chi connectivity index (χ3v) is 5.00. The molecule has 1 unspecified atom stereocenters. The van der Waals surface area contributed by atoms with Crippen LogP contribution < -0.4 is 10.6 Å². The molecule has 2 aromatic carbocycles. The number of oxime groups is 1. The van der Waals surface area contributed by atoms with Crippen LogP contribution in [0.5, 0.6) is 0 Å². The van der Waals surface area contributed by atoms with E-state index in [4.69, 9.17) is 10.9 Å². The van der Waals surface area contributed by atoms with E-state index in [0.29, 0.717) is 5.25 Å². The number of thioether (sulfide) groups is 1. The standard InChI is InChI=1S/C16H19N3OS/c1-11-10-19(8-9-21-11)15-7-6-14(16(17)18-20)12-4-2-3-5-13(12)15/h2-7,11,20H,8-10H2,1H3,(H2,17,18). The summed E-state index contributed by atoms with van der Waals surface area (Å²) in [6.07, 6.45) is 0. The first kappa shape index (κ1) is 14.1. The van der Waals surface area contributed by atoms with Crippen LogP contribution in [0.1, 0.15) is 12.5 Å². The van der Waals surface area contributed by atoms with Gasteiger partial charge in [0.25, 0.3) is 0 Å². The minimum atomic E-state index is 0.153. The van der Waals surface area contributed by atoms with E-state index in [2.05, 4.69) is 29.1 Å². The number of fused-ring (bicyclic) bond motifs is 1. The van der Waals surface area contributed by atoms with Crippen LogP contribution in [-0.4, -0.2) is 35.1 Å². The molecule has 0 amide bonds. The van der Waals surface area contributed by atoms with E-state index in [-0.39, 0.29) is 5.84 Å². The lowest BCUT2D eigenvalue weighted by molar-refractivity contribution is 0.318. The Morgan fingerprint density at radius 1 is 1.29 bits per heavy atom. The Balaban J connectivity index is 2.13. The lowest BCUT2D eigenvalue weighted by atomic mass is 10.0. The first-order valence-corrected chi connectivity index (χ1v) is 8.12. The normalized spacial score (nSPS) is 20.0. The Bertz CT molecular complexity index is 686. The van der Waals surface area contributed by atoms with Crippen LogP contribution in [0.15, 0.2) is 41.6 Å². The maximum Gasteiger partial charge on any atom is 0.170 e. The average Bonchev–Trinajstić information content (AvgIpc) is 2.53. The Morgan fingerprint density at radius 2 is 2.05 bits per heavy atom. The van der Waals surface area contributed by atoms with Crippen LogP contribution >= 0.6 is 11.8 Å². The summed E-state index contributed by atoms with van der Waals surface area (Å²) in [7, 11) is 0. The van der Waals surface area contributed by atoms with Gasteiger partial charge in [0.05, 0.1) is 0 Å². The molecule has 1 aliphatic rings. The smallest absolute Gasteiger partial charge is 0.170 e. The highest BCUT2D eigenvalue weighted by Gasteiger charge is 2.19. The van der Waals surface area contributed by atoms with Crippen LogP contribution in [0.3, 0.4) is 0 Å². The zero-order valence-corrected chi connectivity index (χ0v) is 12.8. The third-order valence-electron chi connectivity index (χ3n) is 3.87. The second kappa shape index (κ2) is 5.85. The summed E-state index contributed by atoms with van der Waals surface area (Å²) in [6, 6.07) is 12.2. The van der Waals surface area contributed by atoms with Crippen LogP contribution in [0, 0.1) is 0 Å². The lowest BCUT2D eigenvalue weighted by Gasteiger charge is -2.33. The highest BCUT2D eigenvalue weighted by molar-refractivity contribution is 8.00. The molecule has 0 aliphatic carbocycles. The molecule has 3 N–H and O–H groups in total. The molecular weight excluding hydrogens is 282 g/mol. The molecule has 4 nitrogen and oxygen atoms in total. The molecular formula is C16H19N3OS. The van der Waals surface area contributed by atoms with E-state index < -0.39 is 0 Å². The Labute approximate surface area is 128 Å². The van der Waals surface area contributed by atoms with Crippen molar-refractivity contribution in [1.82, 2.24) is 0 Å². The van der Waals surface area contributed by atoms with E-state index in [1.807, 2.05) is 36.0 Å². The number of anilines is 1. The van der Waals surface area contributed by atoms with Gasteiger partial charge in [0.1, 0.15) is 0 Å². The fourth-order valence-electron chi connectivity index (χ4n) is 2.87. The van der Waals surface area contributed by atoms with Gasteiger partial charge in [0.2, 0.25) is 0 Å². The number of hydrogen-bond acceptors (Lipinski definition) is 4. The molecule has 1 atom stereocenters. The van der Waals surface area contributed by atoms with E-state index in [1.165, 1.54) is 5.69 Å². The Kier molecular flexibility index (Phi) is 3.92. The highest BCUT2D eigenvalue weighted by atomic mass is 32.2. The van der Waals surface area contributed by atoms with Gasteiger partial charge in [0.15, 0.2) is 5.84 Å². The number of amidine groups is 1. The van der Waals surface area contributed by atoms with Crippen molar-refractivity contribution in [3.05, 3.63) is 42.0 Å². The van der Waals surface area contributed by atoms with Gasteiger partial charge in [-0.15, -0.1) is 0 Å². The van der Waals surface area contributed by atoms with Crippen LogP contribution in [0.4, 0.5) is 5.69 Å². The molecule has 5 heteroatoms. The van der Waals surface area contributed by atoms with Gasteiger partial charge in [0, 0.05) is 40.7 Å². The zero-order chi connectivity index (χ0) is 14.8. The van der Waals surface area contributed by atoms with Crippen LogP contribution in [0.25, 0.3) is 10.8 Å². The second-order valence-electron chi connectivity index (χ2n) is 5.29. The molecule has 1 aliphatic heterocycles. The molecule has 3 rings (SSSR count). The molecule has 21 heavy (non-hydrogen) atoms. The number of nitrogens with zero attached hydrogens (tertiary/aromatic N) is 2. The summed E-state index contributed by atoms with van der Waals surface area (Å²) in [5.74, 6) is 1.30. The topological polar surface area (TPSA) is 61.8 Å². The first-order chi connectivity index (χ1) is 10.2. The van der Waals surface area contributed by atoms with Crippen molar-refractivity contribution in [3.63, 3.8) is 0 Å². The van der Waals surface area contributed by atoms with Gasteiger partial charge in [-0.1, -0.05) is 36.3 Å². The summed E-state index contributed by atoms with van der Waals surface area (Å²) in [4.78, 5) is 2.43. The maximum absolute atomic E-state index is 8.95. The average molecular weight is 301 g/mol. The number of hydrogen-bond donors (Lipinski definition) is 2. The minimum absolute atomic E-state index is 0.153. The quantitative estimate of drug-likeness (QED) is 0.387. The molecule has 2 aromatic rings. The van der Waals surface area contributed by atoms with E-state index in [1.54, 1.807) is 0 Å². The summed E-state index contributed by atoms with van der Waals surface area (Å²) >= 11 is 2.02. The second-order valence-corrected chi connectivity index (χ2v) is 6.84. The largest absolute Gasteiger partial charge is 0.409 e. The molecule has 0 bridgehead atoms. The predicted molar refractivity (Wildman–Crippen MR) is 90.6 cm³/mol. The Hall–Kier alpha value is -1.88. The first-order valence-electron chi connectivity index (χ1n) is 7.07. The summed E-state index contributed by atoms with van der Waals surface area (Å²) in [6.45, 7) is 4.38. The molecule has 0 spiro atoms. The van der Waals surface area contributed by atoms with Crippen LogP contribution in [0.2, 0.25) is 0 Å². The minimum Gasteiger partial charge on any atom is -0.409 e. The SMILES string of the molecule is CC1CN(c2ccc(/C(N)=N/O)c3ccccc23)CCS1. The van der Waals surface area contributed by atoms with Crippen molar-refractivity contribution in [2.75, 3.05) is 23.7 Å². The number of rotatable bonds is 2. The van der Waals surface area contributed by atoms with E-state index in [0.717, 1.165) is 35.2 Å². The molecule has 0 aromatic heterocycles. The van der Waals surface area contributed by atoms with Crippen LogP contribution in [-0.2, 0) is 0 Å². The van der Waals surface area contributed by atoms with Gasteiger partial charge in [-0.25, -0.2) is 0 Å². The summed E-state index contributed by atoms with van der Waals surface area (Å²) in [5, 5.41) is 14.9. The van der Waals surface area contributed by atoms with Gasteiger partial charge in [-0.3, -0.25) is 0 Å². The van der Waals surface area contributed by atoms with Crippen molar-refractivity contribution in [3.8, 4) is 0 Å². The van der Waals surface area contributed by atoms with Gasteiger partial charge in [-0.05, 0) is 17.5 Å². The predicted octanol–water partition coefficient (Wildman–Crippen LogP) is 2.88. The van der Waals surface area contributed by atoms with Gasteiger partial charge in [-0.2, -0.15) is 11.8 Å². The molecule has 1 heterocycles. The van der Waals surface area contributed by atoms with Crippen molar-refractivity contribution >= 4 is 34.1 Å². The molecule has 110 valence electrons. The fraction of sp³-hybridized carbons (Fsp3) is 0.312. The van der Waals surface area contributed by atoms with E-state index >= 15 is 0 Å². The summed E-state index contributed by atoms with van der Waals surface area (Å²) in [5.41, 5.74) is 7.80. The van der Waals surface area contributed by atoms with E-state index in [9.17, 15) is 0 Å². The number of nitrogens with two attached hydrogens (primary N) is 1. The van der Waals surface area contributed by atoms with Gasteiger partial charge >= 0.3 is 0 Å². The van der Waals surface area contributed by atoms with Crippen molar-refractivity contribution in [1.29, 1.82) is 0 Å². The molecule has 0 saturated carbocycles. The third kappa shape index (κ3) is 2.65. The molecule has 0 radical (unpaired) electrons. The maximum atomic E-state index is 8.95. The molecule has 1 fully saturated rings. The van der Waals surface area contributed by atoms with Crippen molar-refractivity contribution in [2.45, 2.75) is 12.2 Å². The number of benzene rings is 2. The summed E-state index contributed by atoms with van der Waals surface area (Å²) < 4.78 is 0. The monoisotopic (exact) mass is 301 g/mol. The molecule has 1 saturated heterocycles. The highest BCUT2D eigenvalue weighted by Crippen LogP contribution is 2.32. The Morgan fingerprint density at radius 3 is 2.76 bits per heavy atom. The lowest BCUT2D eigenvalue weighted by Crippen LogP contribution is -2.36. The van der Waals surface area contributed by atoms with Crippen molar-refractivity contribution in [2.24, 2.45) is 10.9 Å². The van der Waals surface area contributed by atoms with Crippen molar-refractivity contribution < 1.29 is 5.21 Å². The van der Waals surface area contributed by atoms with Gasteiger partial charge < -0.3 is 15.8 Å². The zero-order valence-electron chi connectivity index (χ0n) is 12.0.